The third-order valence-electron chi connectivity index (χ3n) is 3.06. The number of ether oxygens (including phenoxy) is 2. The molecule has 0 saturated heterocycles. The largest absolute Gasteiger partial charge is 0.445 e. The maximum Gasteiger partial charge on any atom is 0.410 e. The average Bonchev–Trinajstić information content (AvgIpc) is 2.46. The smallest absolute Gasteiger partial charge is 0.410 e. The fraction of sp³-hybridized carbons (Fsp3) is 0.533. The molecular formula is C15H23NO4. The van der Waals surface area contributed by atoms with E-state index in [9.17, 15) is 9.90 Å². The maximum absolute atomic E-state index is 12.2. The molecule has 0 saturated carbocycles. The molecule has 0 spiro atoms. The van der Waals surface area contributed by atoms with Crippen molar-refractivity contribution in [1.29, 1.82) is 0 Å². The first-order chi connectivity index (χ1) is 9.51. The van der Waals surface area contributed by atoms with Crippen molar-refractivity contribution in [2.75, 3.05) is 26.9 Å². The lowest BCUT2D eigenvalue weighted by molar-refractivity contribution is 0.0192. The Morgan fingerprint density at radius 1 is 1.30 bits per heavy atom. The monoisotopic (exact) mass is 281 g/mol. The first kappa shape index (κ1) is 16.5. The normalized spacial score (nSPS) is 11.2. The van der Waals surface area contributed by atoms with Gasteiger partial charge in [-0.25, -0.2) is 4.79 Å². The molecule has 1 aromatic rings. The molecule has 0 radical (unpaired) electrons. The molecule has 1 aromatic carbocycles. The van der Waals surface area contributed by atoms with Gasteiger partial charge in [0.25, 0.3) is 0 Å². The van der Waals surface area contributed by atoms with E-state index in [2.05, 4.69) is 0 Å². The van der Waals surface area contributed by atoms with Gasteiger partial charge in [0.1, 0.15) is 6.61 Å². The number of rotatable bonds is 7. The van der Waals surface area contributed by atoms with Crippen LogP contribution in [0.25, 0.3) is 0 Å². The Morgan fingerprint density at radius 3 is 2.50 bits per heavy atom. The van der Waals surface area contributed by atoms with Gasteiger partial charge in [-0.3, -0.25) is 4.90 Å². The van der Waals surface area contributed by atoms with Crippen molar-refractivity contribution in [2.45, 2.75) is 26.0 Å². The number of aliphatic hydroxyl groups excluding tert-OH is 1. The zero-order chi connectivity index (χ0) is 15.0. The molecule has 0 heterocycles. The van der Waals surface area contributed by atoms with E-state index in [1.165, 1.54) is 4.90 Å². The standard InChI is InChI=1S/C15H23NO4/c1-15(2,12-17)16(9-10-19-3)14(18)20-11-13-7-5-4-6-8-13/h4-8,17H,9-12H2,1-3H3. The Morgan fingerprint density at radius 2 is 1.95 bits per heavy atom. The second kappa shape index (κ2) is 7.87. The molecule has 112 valence electrons. The number of hydrogen-bond acceptors (Lipinski definition) is 4. The molecule has 5 heteroatoms. The molecule has 20 heavy (non-hydrogen) atoms. The van der Waals surface area contributed by atoms with Crippen LogP contribution in [0.4, 0.5) is 4.79 Å². The highest BCUT2D eigenvalue weighted by Gasteiger charge is 2.31. The van der Waals surface area contributed by atoms with Crippen LogP contribution in [0.5, 0.6) is 0 Å². The van der Waals surface area contributed by atoms with Gasteiger partial charge in [0, 0.05) is 13.7 Å². The van der Waals surface area contributed by atoms with Gasteiger partial charge in [-0.1, -0.05) is 30.3 Å². The number of hydrogen-bond donors (Lipinski definition) is 1. The van der Waals surface area contributed by atoms with Gasteiger partial charge in [0.15, 0.2) is 0 Å². The van der Waals surface area contributed by atoms with E-state index in [-0.39, 0.29) is 13.2 Å². The van der Waals surface area contributed by atoms with Crippen molar-refractivity contribution >= 4 is 6.09 Å². The van der Waals surface area contributed by atoms with Crippen molar-refractivity contribution in [3.8, 4) is 0 Å². The molecular weight excluding hydrogens is 258 g/mol. The van der Waals surface area contributed by atoms with Crippen molar-refractivity contribution < 1.29 is 19.4 Å². The zero-order valence-corrected chi connectivity index (χ0v) is 12.3. The summed E-state index contributed by atoms with van der Waals surface area (Å²) < 4.78 is 10.3. The first-order valence-electron chi connectivity index (χ1n) is 6.59. The fourth-order valence-corrected chi connectivity index (χ4v) is 1.71. The predicted molar refractivity (Wildman–Crippen MR) is 76.4 cm³/mol. The summed E-state index contributed by atoms with van der Waals surface area (Å²) in [5.74, 6) is 0. The Hall–Kier alpha value is -1.59. The predicted octanol–water partition coefficient (Wildman–Crippen LogP) is 2.04. The van der Waals surface area contributed by atoms with Crippen molar-refractivity contribution in [3.05, 3.63) is 35.9 Å². The molecule has 0 unspecified atom stereocenters. The molecule has 0 bridgehead atoms. The molecule has 0 aliphatic carbocycles. The van der Waals surface area contributed by atoms with E-state index >= 15 is 0 Å². The van der Waals surface area contributed by atoms with Crippen LogP contribution < -0.4 is 0 Å². The Bertz CT molecular complexity index is 406. The number of carbonyl (C=O) groups excluding carboxylic acids is 1. The fourth-order valence-electron chi connectivity index (χ4n) is 1.71. The third kappa shape index (κ3) is 4.83. The van der Waals surface area contributed by atoms with E-state index in [1.54, 1.807) is 21.0 Å². The van der Waals surface area contributed by atoms with E-state index in [0.29, 0.717) is 13.2 Å². The molecule has 1 amide bonds. The number of aliphatic hydroxyl groups is 1. The number of benzene rings is 1. The number of carbonyl (C=O) groups is 1. The van der Waals surface area contributed by atoms with Crippen LogP contribution in [-0.2, 0) is 16.1 Å². The van der Waals surface area contributed by atoms with Crippen molar-refractivity contribution in [2.24, 2.45) is 0 Å². The summed E-state index contributed by atoms with van der Waals surface area (Å²) in [7, 11) is 1.57. The van der Waals surface area contributed by atoms with Crippen molar-refractivity contribution in [1.82, 2.24) is 4.90 Å². The van der Waals surface area contributed by atoms with E-state index in [4.69, 9.17) is 9.47 Å². The van der Waals surface area contributed by atoms with Gasteiger partial charge in [-0.05, 0) is 19.4 Å². The molecule has 1 rings (SSSR count). The quantitative estimate of drug-likeness (QED) is 0.831. The molecule has 0 aliphatic heterocycles. The lowest BCUT2D eigenvalue weighted by Crippen LogP contribution is -2.51. The molecule has 0 aliphatic rings. The SMILES string of the molecule is COCCN(C(=O)OCc1ccccc1)C(C)(C)CO. The highest BCUT2D eigenvalue weighted by atomic mass is 16.6. The van der Waals surface area contributed by atoms with Crippen LogP contribution in [0.2, 0.25) is 0 Å². The second-order valence-corrected chi connectivity index (χ2v) is 5.16. The van der Waals surface area contributed by atoms with Crippen LogP contribution in [0.15, 0.2) is 30.3 Å². The second-order valence-electron chi connectivity index (χ2n) is 5.16. The highest BCUT2D eigenvalue weighted by molar-refractivity contribution is 5.68. The van der Waals surface area contributed by atoms with Gasteiger partial charge in [-0.15, -0.1) is 0 Å². The minimum atomic E-state index is -0.688. The van der Waals surface area contributed by atoms with Gasteiger partial charge >= 0.3 is 6.09 Å². The molecule has 5 nitrogen and oxygen atoms in total. The maximum atomic E-state index is 12.2. The first-order valence-corrected chi connectivity index (χ1v) is 6.59. The Labute approximate surface area is 120 Å². The van der Waals surface area contributed by atoms with Crippen LogP contribution in [0.1, 0.15) is 19.4 Å². The summed E-state index contributed by atoms with van der Waals surface area (Å²) >= 11 is 0. The van der Waals surface area contributed by atoms with Crippen molar-refractivity contribution in [3.63, 3.8) is 0 Å². The van der Waals surface area contributed by atoms with Gasteiger partial charge in [0.05, 0.1) is 18.8 Å². The summed E-state index contributed by atoms with van der Waals surface area (Å²) in [5.41, 5.74) is 0.237. The van der Waals surface area contributed by atoms with Crippen LogP contribution >= 0.6 is 0 Å². The molecule has 0 fully saturated rings. The highest BCUT2D eigenvalue weighted by Crippen LogP contribution is 2.15. The van der Waals surface area contributed by atoms with Crippen LogP contribution in [0.3, 0.4) is 0 Å². The topological polar surface area (TPSA) is 59.0 Å². The van der Waals surface area contributed by atoms with Crippen LogP contribution in [-0.4, -0.2) is 48.5 Å². The van der Waals surface area contributed by atoms with Crippen LogP contribution in [0, 0.1) is 0 Å². The minimum absolute atomic E-state index is 0.142. The lowest BCUT2D eigenvalue weighted by atomic mass is 10.1. The molecule has 0 aromatic heterocycles. The summed E-state index contributed by atoms with van der Waals surface area (Å²) in [6.07, 6.45) is -0.454. The summed E-state index contributed by atoms with van der Waals surface area (Å²) in [5, 5.41) is 9.41. The third-order valence-corrected chi connectivity index (χ3v) is 3.06. The van der Waals surface area contributed by atoms with Gasteiger partial charge < -0.3 is 14.6 Å². The number of nitrogens with zero attached hydrogens (tertiary/aromatic N) is 1. The van der Waals surface area contributed by atoms with Gasteiger partial charge in [-0.2, -0.15) is 0 Å². The molecule has 1 N–H and O–H groups in total. The Kier molecular flexibility index (Phi) is 6.48. The van der Waals surface area contributed by atoms with Gasteiger partial charge in [0.2, 0.25) is 0 Å². The van der Waals surface area contributed by atoms with E-state index in [0.717, 1.165) is 5.56 Å². The molecule has 0 atom stereocenters. The van der Waals surface area contributed by atoms with E-state index < -0.39 is 11.6 Å². The average molecular weight is 281 g/mol. The lowest BCUT2D eigenvalue weighted by Gasteiger charge is -2.36. The number of methoxy groups -OCH3 is 1. The number of amides is 1. The Balaban J connectivity index is 2.63. The summed E-state index contributed by atoms with van der Waals surface area (Å²) in [4.78, 5) is 13.7. The van der Waals surface area contributed by atoms with E-state index in [1.807, 2.05) is 30.3 Å². The summed E-state index contributed by atoms with van der Waals surface area (Å²) in [6.45, 7) is 4.40. The zero-order valence-electron chi connectivity index (χ0n) is 12.3. The minimum Gasteiger partial charge on any atom is -0.445 e. The summed E-state index contributed by atoms with van der Waals surface area (Å²) in [6, 6.07) is 9.48.